The van der Waals surface area contributed by atoms with Gasteiger partial charge in [-0.2, -0.15) is 0 Å². The second kappa shape index (κ2) is 8.23. The Labute approximate surface area is 146 Å². The fourth-order valence-electron chi connectivity index (χ4n) is 3.52. The Kier molecular flexibility index (Phi) is 6.30. The van der Waals surface area contributed by atoms with E-state index in [0.29, 0.717) is 35.2 Å². The Morgan fingerprint density at radius 3 is 1.12 bits per heavy atom. The summed E-state index contributed by atoms with van der Waals surface area (Å²) in [5, 5.41) is 19.2. The van der Waals surface area contributed by atoms with Gasteiger partial charge in [-0.1, -0.05) is 52.0 Å². The van der Waals surface area contributed by atoms with E-state index >= 15 is 0 Å². The van der Waals surface area contributed by atoms with E-state index in [0.717, 1.165) is 12.8 Å². The Balaban J connectivity index is 2.42. The zero-order valence-corrected chi connectivity index (χ0v) is 15.2. The van der Waals surface area contributed by atoms with Crippen LogP contribution < -0.4 is 0 Å². The number of hydrogen-bond acceptors (Lipinski definition) is 2. The van der Waals surface area contributed by atoms with E-state index in [4.69, 9.17) is 0 Å². The first-order valence-electron chi connectivity index (χ1n) is 8.94. The third-order valence-electron chi connectivity index (χ3n) is 4.58. The summed E-state index contributed by atoms with van der Waals surface area (Å²) in [6, 6.07) is 15.3. The molecule has 0 unspecified atom stereocenters. The van der Waals surface area contributed by atoms with Gasteiger partial charge in [-0.15, -0.1) is 0 Å². The van der Waals surface area contributed by atoms with Crippen LogP contribution in [-0.4, -0.2) is 10.2 Å². The van der Waals surface area contributed by atoms with E-state index in [2.05, 4.69) is 52.0 Å². The molecule has 2 rings (SSSR count). The van der Waals surface area contributed by atoms with Gasteiger partial charge in [0, 0.05) is 0 Å². The zero-order valence-electron chi connectivity index (χ0n) is 15.2. The maximum Gasteiger partial charge on any atom is 0.115 e. The van der Waals surface area contributed by atoms with Gasteiger partial charge >= 0.3 is 0 Å². The molecule has 130 valence electrons. The highest BCUT2D eigenvalue weighted by Crippen LogP contribution is 2.42. The molecule has 0 heterocycles. The second-order valence-corrected chi connectivity index (χ2v) is 7.66. The monoisotopic (exact) mass is 326 g/mol. The van der Waals surface area contributed by atoms with Crippen molar-refractivity contribution in [2.75, 3.05) is 0 Å². The molecule has 0 radical (unpaired) electrons. The molecular formula is C22H30O2. The molecule has 24 heavy (non-hydrogen) atoms. The highest BCUT2D eigenvalue weighted by molar-refractivity contribution is 5.34. The Hall–Kier alpha value is -1.96. The van der Waals surface area contributed by atoms with Gasteiger partial charge in [0.2, 0.25) is 0 Å². The predicted molar refractivity (Wildman–Crippen MR) is 101 cm³/mol. The van der Waals surface area contributed by atoms with Crippen LogP contribution in [0.15, 0.2) is 48.5 Å². The van der Waals surface area contributed by atoms with Crippen molar-refractivity contribution in [3.05, 3.63) is 59.7 Å². The second-order valence-electron chi connectivity index (χ2n) is 7.66. The van der Waals surface area contributed by atoms with E-state index in [1.165, 1.54) is 11.1 Å². The van der Waals surface area contributed by atoms with Crippen LogP contribution in [0.2, 0.25) is 0 Å². The highest BCUT2D eigenvalue weighted by atomic mass is 16.3. The van der Waals surface area contributed by atoms with Crippen molar-refractivity contribution in [3.63, 3.8) is 0 Å². The number of rotatable bonds is 7. The van der Waals surface area contributed by atoms with Gasteiger partial charge in [-0.05, 0) is 71.9 Å². The Bertz CT molecular complexity index is 554. The normalized spacial score (nSPS) is 14.1. The van der Waals surface area contributed by atoms with Crippen molar-refractivity contribution in [2.45, 2.75) is 52.4 Å². The van der Waals surface area contributed by atoms with Gasteiger partial charge in [-0.25, -0.2) is 0 Å². The van der Waals surface area contributed by atoms with E-state index in [1.807, 2.05) is 0 Å². The van der Waals surface area contributed by atoms with E-state index in [9.17, 15) is 10.2 Å². The first-order chi connectivity index (χ1) is 11.4. The Morgan fingerprint density at radius 1 is 0.583 bits per heavy atom. The minimum Gasteiger partial charge on any atom is -0.508 e. The fourth-order valence-corrected chi connectivity index (χ4v) is 3.52. The lowest BCUT2D eigenvalue weighted by molar-refractivity contribution is 0.382. The molecule has 0 spiro atoms. The van der Waals surface area contributed by atoms with E-state index < -0.39 is 0 Å². The first-order valence-corrected chi connectivity index (χ1v) is 8.94. The molecule has 2 aromatic rings. The summed E-state index contributed by atoms with van der Waals surface area (Å²) in [5.74, 6) is 2.61. The molecule has 2 atom stereocenters. The van der Waals surface area contributed by atoms with Gasteiger partial charge < -0.3 is 10.2 Å². The lowest BCUT2D eigenvalue weighted by Gasteiger charge is -2.31. The summed E-state index contributed by atoms with van der Waals surface area (Å²) in [7, 11) is 0. The van der Waals surface area contributed by atoms with Gasteiger partial charge in [-0.3, -0.25) is 0 Å². The summed E-state index contributed by atoms with van der Waals surface area (Å²) >= 11 is 0. The summed E-state index contributed by atoms with van der Waals surface area (Å²) in [4.78, 5) is 0. The van der Waals surface area contributed by atoms with E-state index in [-0.39, 0.29) is 0 Å². The lowest BCUT2D eigenvalue weighted by Crippen LogP contribution is -2.16. The largest absolute Gasteiger partial charge is 0.508 e. The maximum atomic E-state index is 9.62. The summed E-state index contributed by atoms with van der Waals surface area (Å²) < 4.78 is 0. The van der Waals surface area contributed by atoms with Crippen molar-refractivity contribution in [1.29, 1.82) is 0 Å². The average molecular weight is 326 g/mol. The van der Waals surface area contributed by atoms with Crippen LogP contribution in [0.5, 0.6) is 11.5 Å². The van der Waals surface area contributed by atoms with Crippen LogP contribution in [0.1, 0.15) is 63.5 Å². The molecule has 0 aliphatic heterocycles. The summed E-state index contributed by atoms with van der Waals surface area (Å²) in [6.07, 6.45) is 2.20. The number of phenolic OH excluding ortho intramolecular Hbond substituents is 2. The molecule has 0 aliphatic rings. The lowest BCUT2D eigenvalue weighted by atomic mass is 9.73. The van der Waals surface area contributed by atoms with Crippen molar-refractivity contribution < 1.29 is 10.2 Å². The smallest absolute Gasteiger partial charge is 0.115 e. The number of phenols is 2. The zero-order chi connectivity index (χ0) is 17.7. The Morgan fingerprint density at radius 2 is 0.875 bits per heavy atom. The number of benzene rings is 2. The van der Waals surface area contributed by atoms with Crippen LogP contribution in [0, 0.1) is 11.8 Å². The van der Waals surface area contributed by atoms with E-state index in [1.54, 1.807) is 24.3 Å². The fraction of sp³-hybridized carbons (Fsp3) is 0.455. The third-order valence-corrected chi connectivity index (χ3v) is 4.58. The van der Waals surface area contributed by atoms with Crippen LogP contribution in [0.3, 0.4) is 0 Å². The molecule has 0 bridgehead atoms. The standard InChI is InChI=1S/C22H30O2/c1-15(2)13-21(17-5-9-19(23)10-6-17)22(14-16(3)4)18-7-11-20(24)12-8-18/h5-12,15-16,21-24H,13-14H2,1-4H3/t21-,22+. The topological polar surface area (TPSA) is 40.5 Å². The maximum absolute atomic E-state index is 9.62. The molecule has 2 N–H and O–H groups in total. The highest BCUT2D eigenvalue weighted by Gasteiger charge is 2.26. The number of hydrogen-bond donors (Lipinski definition) is 2. The number of aromatic hydroxyl groups is 2. The summed E-state index contributed by atoms with van der Waals surface area (Å²) in [6.45, 7) is 9.04. The molecule has 2 heteroatoms. The molecule has 0 aliphatic carbocycles. The van der Waals surface area contributed by atoms with Crippen molar-refractivity contribution in [3.8, 4) is 11.5 Å². The molecule has 0 aromatic heterocycles. The molecular weight excluding hydrogens is 296 g/mol. The quantitative estimate of drug-likeness (QED) is 0.649. The molecule has 0 saturated heterocycles. The first kappa shape index (κ1) is 18.4. The van der Waals surface area contributed by atoms with Crippen LogP contribution in [-0.2, 0) is 0 Å². The van der Waals surface area contributed by atoms with Gasteiger partial charge in [0.1, 0.15) is 11.5 Å². The van der Waals surface area contributed by atoms with Gasteiger partial charge in [0.15, 0.2) is 0 Å². The third kappa shape index (κ3) is 5.02. The molecule has 0 saturated carbocycles. The van der Waals surface area contributed by atoms with Crippen molar-refractivity contribution >= 4 is 0 Å². The summed E-state index contributed by atoms with van der Waals surface area (Å²) in [5.41, 5.74) is 2.56. The van der Waals surface area contributed by atoms with Crippen LogP contribution >= 0.6 is 0 Å². The molecule has 0 fully saturated rings. The minimum absolute atomic E-state index is 0.312. The molecule has 2 nitrogen and oxygen atoms in total. The van der Waals surface area contributed by atoms with Crippen molar-refractivity contribution in [2.24, 2.45) is 11.8 Å². The predicted octanol–water partition coefficient (Wildman–Crippen LogP) is 6.06. The van der Waals surface area contributed by atoms with Crippen molar-refractivity contribution in [1.82, 2.24) is 0 Å². The minimum atomic E-state index is 0.312. The molecule has 0 amide bonds. The molecule has 2 aromatic carbocycles. The SMILES string of the molecule is CC(C)C[C@H](c1ccc(O)cc1)[C@@H](CC(C)C)c1ccc(O)cc1. The van der Waals surface area contributed by atoms with Crippen LogP contribution in [0.4, 0.5) is 0 Å². The van der Waals surface area contributed by atoms with Gasteiger partial charge in [0.05, 0.1) is 0 Å². The van der Waals surface area contributed by atoms with Gasteiger partial charge in [0.25, 0.3) is 0 Å². The van der Waals surface area contributed by atoms with Crippen LogP contribution in [0.25, 0.3) is 0 Å². The average Bonchev–Trinajstić information content (AvgIpc) is 2.52.